The van der Waals surface area contributed by atoms with Crippen molar-refractivity contribution < 1.29 is 0 Å². The third-order valence-corrected chi connectivity index (χ3v) is 11.8. The molecule has 10 rings (SSSR count). The number of para-hydroxylation sites is 1. The monoisotopic (exact) mass is 677 g/mol. The molecule has 3 aliphatic carbocycles. The molecule has 53 heavy (non-hydrogen) atoms. The van der Waals surface area contributed by atoms with E-state index < -0.39 is 5.41 Å². The van der Waals surface area contributed by atoms with E-state index in [1.54, 1.807) is 0 Å². The molecule has 0 amide bonds. The highest BCUT2D eigenvalue weighted by Crippen LogP contribution is 2.65. The average molecular weight is 678 g/mol. The van der Waals surface area contributed by atoms with E-state index in [2.05, 4.69) is 207 Å². The molecule has 0 atom stereocenters. The summed E-state index contributed by atoms with van der Waals surface area (Å²) in [6.45, 7) is 8.94. The molecule has 0 saturated carbocycles. The summed E-state index contributed by atoms with van der Waals surface area (Å²) in [5.74, 6) is 0. The maximum Gasteiger partial charge on any atom is 0.0881 e. The van der Waals surface area contributed by atoms with Crippen LogP contribution in [0.1, 0.15) is 47.2 Å². The molecule has 0 saturated heterocycles. The Morgan fingerprint density at radius 1 is 0.453 bits per heavy atom. The van der Waals surface area contributed by atoms with Crippen molar-refractivity contribution in [2.24, 2.45) is 0 Å². The quantitative estimate of drug-likeness (QED) is 0.158. The Balaban J connectivity index is 1.41. The van der Waals surface area contributed by atoms with Crippen molar-refractivity contribution in [3.63, 3.8) is 0 Å². The van der Waals surface area contributed by atoms with Gasteiger partial charge < -0.3 is 4.90 Å². The third kappa shape index (κ3) is 4.25. The lowest BCUT2D eigenvalue weighted by Gasteiger charge is -2.42. The van der Waals surface area contributed by atoms with E-state index in [9.17, 15) is 0 Å². The summed E-state index contributed by atoms with van der Waals surface area (Å²) in [7, 11) is 0. The maximum atomic E-state index is 4.14. The SMILES string of the molecule is C=C/C=C\C1=C(N(c2ccccc2-c2ccccc2)c2cccc3c2C(C)(C)c2ccccc2-3)C2(c3ccccc31)c1ccccc1-c1ccccc12. The summed E-state index contributed by atoms with van der Waals surface area (Å²) in [5, 5.41) is 0. The van der Waals surface area contributed by atoms with Gasteiger partial charge >= 0.3 is 0 Å². The van der Waals surface area contributed by atoms with Crippen LogP contribution in [0, 0.1) is 0 Å². The van der Waals surface area contributed by atoms with Crippen LogP contribution in [0.4, 0.5) is 11.4 Å². The standard InChI is InChI=1S/C52H39N/c1-4-5-22-42-40-27-12-17-32-46(40)52(44-30-15-10-24-37(44)38-25-11-16-31-45(38)52)50(42)53(47-33-18-13-23-36(47)35-20-7-6-8-21-35)48-34-19-28-41-39-26-9-14-29-43(39)51(2,3)49(41)48/h4-34H,1H2,2-3H3/b22-5-. The Hall–Kier alpha value is -6.44. The molecule has 7 aromatic carbocycles. The zero-order valence-corrected chi connectivity index (χ0v) is 30.1. The van der Waals surface area contributed by atoms with Gasteiger partial charge in [-0.15, -0.1) is 0 Å². The van der Waals surface area contributed by atoms with Gasteiger partial charge in [0.25, 0.3) is 0 Å². The molecule has 0 aliphatic heterocycles. The smallest absolute Gasteiger partial charge is 0.0881 e. The van der Waals surface area contributed by atoms with Crippen LogP contribution in [0.5, 0.6) is 0 Å². The Morgan fingerprint density at radius 3 is 1.57 bits per heavy atom. The third-order valence-electron chi connectivity index (χ3n) is 11.8. The van der Waals surface area contributed by atoms with E-state index in [0.717, 1.165) is 5.69 Å². The molecule has 0 aromatic heterocycles. The number of allylic oxidation sites excluding steroid dienone is 5. The van der Waals surface area contributed by atoms with Crippen molar-refractivity contribution in [3.05, 3.63) is 234 Å². The minimum absolute atomic E-state index is 0.246. The molecule has 0 N–H and O–H groups in total. The van der Waals surface area contributed by atoms with Crippen LogP contribution in [0.15, 0.2) is 200 Å². The molecule has 1 nitrogen and oxygen atoms in total. The van der Waals surface area contributed by atoms with Crippen LogP contribution in [0.3, 0.4) is 0 Å². The van der Waals surface area contributed by atoms with Crippen LogP contribution in [-0.4, -0.2) is 0 Å². The van der Waals surface area contributed by atoms with Gasteiger partial charge in [0.2, 0.25) is 0 Å². The number of anilines is 2. The molecule has 252 valence electrons. The highest BCUT2D eigenvalue weighted by Gasteiger charge is 2.55. The molecule has 0 radical (unpaired) electrons. The molecule has 0 bridgehead atoms. The minimum atomic E-state index is -0.604. The highest BCUT2D eigenvalue weighted by atomic mass is 15.2. The first kappa shape index (κ1) is 31.3. The van der Waals surface area contributed by atoms with Crippen LogP contribution in [0.2, 0.25) is 0 Å². The number of hydrogen-bond acceptors (Lipinski definition) is 1. The van der Waals surface area contributed by atoms with Crippen molar-refractivity contribution in [1.29, 1.82) is 0 Å². The van der Waals surface area contributed by atoms with E-state index in [4.69, 9.17) is 0 Å². The fraction of sp³-hybridized carbons (Fsp3) is 0.0769. The first-order valence-corrected chi connectivity index (χ1v) is 18.6. The Bertz CT molecular complexity index is 2620. The first-order chi connectivity index (χ1) is 26.1. The fourth-order valence-corrected chi connectivity index (χ4v) is 9.81. The topological polar surface area (TPSA) is 3.24 Å². The Morgan fingerprint density at radius 2 is 0.925 bits per heavy atom. The van der Waals surface area contributed by atoms with Gasteiger partial charge in [0.15, 0.2) is 0 Å². The lowest BCUT2D eigenvalue weighted by Crippen LogP contribution is -2.37. The van der Waals surface area contributed by atoms with Crippen LogP contribution >= 0.6 is 0 Å². The van der Waals surface area contributed by atoms with E-state index in [-0.39, 0.29) is 5.41 Å². The number of rotatable bonds is 6. The van der Waals surface area contributed by atoms with Gasteiger partial charge in [-0.3, -0.25) is 0 Å². The van der Waals surface area contributed by atoms with E-state index >= 15 is 0 Å². The molecule has 0 unspecified atom stereocenters. The van der Waals surface area contributed by atoms with Gasteiger partial charge in [0.1, 0.15) is 0 Å². The number of benzene rings is 7. The van der Waals surface area contributed by atoms with Gasteiger partial charge in [0, 0.05) is 16.6 Å². The van der Waals surface area contributed by atoms with Crippen molar-refractivity contribution >= 4 is 16.9 Å². The maximum absolute atomic E-state index is 4.14. The molecule has 1 spiro atoms. The number of fused-ring (bicyclic) bond motifs is 10. The lowest BCUT2D eigenvalue weighted by molar-refractivity contribution is 0.657. The summed E-state index contributed by atoms with van der Waals surface area (Å²) in [4.78, 5) is 2.65. The van der Waals surface area contributed by atoms with Gasteiger partial charge in [0.05, 0.1) is 22.5 Å². The molecule has 3 aliphatic rings. The zero-order chi connectivity index (χ0) is 35.7. The van der Waals surface area contributed by atoms with Crippen molar-refractivity contribution in [2.45, 2.75) is 24.7 Å². The zero-order valence-electron chi connectivity index (χ0n) is 30.1. The normalized spacial score (nSPS) is 15.2. The van der Waals surface area contributed by atoms with Crippen LogP contribution in [0.25, 0.3) is 39.0 Å². The van der Waals surface area contributed by atoms with Crippen LogP contribution in [-0.2, 0) is 10.8 Å². The summed E-state index contributed by atoms with van der Waals surface area (Å²) in [5.41, 5.74) is 19.3. The largest absolute Gasteiger partial charge is 0.311 e. The van der Waals surface area contributed by atoms with Gasteiger partial charge in [-0.25, -0.2) is 0 Å². The number of hydrogen-bond donors (Lipinski definition) is 0. The highest BCUT2D eigenvalue weighted by molar-refractivity contribution is 6.02. The lowest BCUT2D eigenvalue weighted by atomic mass is 9.71. The molecule has 1 heteroatoms. The van der Waals surface area contributed by atoms with Gasteiger partial charge in [-0.1, -0.05) is 196 Å². The summed E-state index contributed by atoms with van der Waals surface area (Å²) in [6, 6.07) is 63.0. The van der Waals surface area contributed by atoms with E-state index in [1.165, 1.54) is 83.7 Å². The van der Waals surface area contributed by atoms with E-state index in [0.29, 0.717) is 0 Å². The second-order valence-electron chi connectivity index (χ2n) is 14.8. The summed E-state index contributed by atoms with van der Waals surface area (Å²) in [6.07, 6.45) is 6.30. The first-order valence-electron chi connectivity index (χ1n) is 18.6. The average Bonchev–Trinajstić information content (AvgIpc) is 3.76. The summed E-state index contributed by atoms with van der Waals surface area (Å²) < 4.78 is 0. The van der Waals surface area contributed by atoms with Crippen LogP contribution < -0.4 is 4.90 Å². The van der Waals surface area contributed by atoms with Crippen molar-refractivity contribution in [3.8, 4) is 33.4 Å². The second-order valence-corrected chi connectivity index (χ2v) is 14.8. The molecule has 0 heterocycles. The fourth-order valence-electron chi connectivity index (χ4n) is 9.81. The Labute approximate surface area is 312 Å². The van der Waals surface area contributed by atoms with Crippen molar-refractivity contribution in [1.82, 2.24) is 0 Å². The Kier molecular flexibility index (Phi) is 6.97. The molecule has 7 aromatic rings. The summed E-state index contributed by atoms with van der Waals surface area (Å²) >= 11 is 0. The van der Waals surface area contributed by atoms with Crippen molar-refractivity contribution in [2.75, 3.05) is 4.90 Å². The van der Waals surface area contributed by atoms with Gasteiger partial charge in [-0.2, -0.15) is 0 Å². The molecule has 0 fully saturated rings. The predicted octanol–water partition coefficient (Wildman–Crippen LogP) is 13.3. The molecular weight excluding hydrogens is 639 g/mol. The minimum Gasteiger partial charge on any atom is -0.311 e. The van der Waals surface area contributed by atoms with Gasteiger partial charge in [-0.05, 0) is 73.3 Å². The van der Waals surface area contributed by atoms with E-state index in [1.807, 2.05) is 6.08 Å². The predicted molar refractivity (Wildman–Crippen MR) is 222 cm³/mol. The number of nitrogens with zero attached hydrogens (tertiary/aromatic N) is 1. The second kappa shape index (κ2) is 11.8. The molecular formula is C52H39N.